The third-order valence-electron chi connectivity index (χ3n) is 4.28. The monoisotopic (exact) mass is 293 g/mol. The van der Waals surface area contributed by atoms with Crippen LogP contribution < -0.4 is 10.1 Å². The highest BCUT2D eigenvalue weighted by Gasteiger charge is 2.32. The summed E-state index contributed by atoms with van der Waals surface area (Å²) in [6, 6.07) is 6.81. The number of aliphatic hydroxyl groups is 1. The Morgan fingerprint density at radius 2 is 2.40 bits per heavy atom. The molecule has 0 amide bonds. The lowest BCUT2D eigenvalue weighted by Gasteiger charge is -2.26. The van der Waals surface area contributed by atoms with Gasteiger partial charge in [0.2, 0.25) is 0 Å². The molecule has 2 heterocycles. The number of hydrogen-bond donors (Lipinski definition) is 2. The van der Waals surface area contributed by atoms with E-state index in [-0.39, 0.29) is 0 Å². The molecule has 2 aliphatic rings. The van der Waals surface area contributed by atoms with Crippen molar-refractivity contribution < 1.29 is 9.84 Å². The lowest BCUT2D eigenvalue weighted by Crippen LogP contribution is -2.41. The zero-order valence-electron chi connectivity index (χ0n) is 12.0. The lowest BCUT2D eigenvalue weighted by molar-refractivity contribution is 0.0643. The van der Waals surface area contributed by atoms with Crippen LogP contribution in [0.4, 0.5) is 0 Å². The molecule has 0 bridgehead atoms. The molecule has 20 heavy (non-hydrogen) atoms. The Balaban J connectivity index is 1.67. The average molecular weight is 293 g/mol. The summed E-state index contributed by atoms with van der Waals surface area (Å²) in [5, 5.41) is 14.0. The molecular formula is C16H23NO2S. The number of fused-ring (bicyclic) bond motifs is 1. The van der Waals surface area contributed by atoms with Crippen molar-refractivity contribution in [2.75, 3.05) is 24.7 Å². The second-order valence-electron chi connectivity index (χ2n) is 5.83. The van der Waals surface area contributed by atoms with Crippen molar-refractivity contribution in [1.82, 2.24) is 5.32 Å². The molecule has 1 aromatic carbocycles. The van der Waals surface area contributed by atoms with Crippen molar-refractivity contribution in [3.8, 4) is 5.75 Å². The van der Waals surface area contributed by atoms with Crippen LogP contribution in [0.25, 0.3) is 0 Å². The van der Waals surface area contributed by atoms with E-state index in [9.17, 15) is 5.11 Å². The third kappa shape index (κ3) is 2.97. The van der Waals surface area contributed by atoms with Crippen molar-refractivity contribution in [1.29, 1.82) is 0 Å². The molecular weight excluding hydrogens is 270 g/mol. The number of hydrogen-bond acceptors (Lipinski definition) is 4. The van der Waals surface area contributed by atoms with Crippen LogP contribution in [0.15, 0.2) is 18.2 Å². The molecule has 2 aliphatic heterocycles. The molecule has 0 saturated carbocycles. The average Bonchev–Trinajstić information content (AvgIpc) is 3.08. The van der Waals surface area contributed by atoms with Gasteiger partial charge in [0, 0.05) is 24.8 Å². The van der Waals surface area contributed by atoms with Gasteiger partial charge in [-0.25, -0.2) is 0 Å². The highest BCUT2D eigenvalue weighted by molar-refractivity contribution is 7.99. The number of thioether (sulfide) groups is 1. The van der Waals surface area contributed by atoms with Gasteiger partial charge in [0.1, 0.15) is 5.75 Å². The van der Waals surface area contributed by atoms with Crippen LogP contribution in [0.2, 0.25) is 0 Å². The van der Waals surface area contributed by atoms with Gasteiger partial charge < -0.3 is 15.2 Å². The molecule has 1 saturated heterocycles. The molecule has 110 valence electrons. The first-order valence-corrected chi connectivity index (χ1v) is 8.65. The van der Waals surface area contributed by atoms with Crippen molar-refractivity contribution >= 4 is 11.8 Å². The molecule has 2 N–H and O–H groups in total. The van der Waals surface area contributed by atoms with Crippen molar-refractivity contribution in [3.05, 3.63) is 29.3 Å². The molecule has 2 atom stereocenters. The van der Waals surface area contributed by atoms with E-state index in [2.05, 4.69) is 30.4 Å². The van der Waals surface area contributed by atoms with E-state index in [4.69, 9.17) is 4.74 Å². The number of nitrogens with one attached hydrogen (secondary N) is 1. The van der Waals surface area contributed by atoms with Gasteiger partial charge in [-0.1, -0.05) is 19.1 Å². The molecule has 0 aliphatic carbocycles. The highest BCUT2D eigenvalue weighted by atomic mass is 32.2. The Morgan fingerprint density at radius 1 is 1.50 bits per heavy atom. The third-order valence-corrected chi connectivity index (χ3v) is 5.52. The standard InChI is InChI=1S/C16H23NO2S/c1-2-14(17-10-16(18)6-8-20-11-16)12-3-4-15-13(9-12)5-7-19-15/h3-4,9,14,17-18H,2,5-8,10-11H2,1H3. The Hall–Kier alpha value is -0.710. The Bertz CT molecular complexity index is 472. The first-order valence-electron chi connectivity index (χ1n) is 7.49. The van der Waals surface area contributed by atoms with Gasteiger partial charge in [-0.05, 0) is 35.8 Å². The summed E-state index contributed by atoms with van der Waals surface area (Å²) in [6.07, 6.45) is 2.95. The van der Waals surface area contributed by atoms with Crippen LogP contribution in [0.1, 0.15) is 36.9 Å². The summed E-state index contributed by atoms with van der Waals surface area (Å²) in [6.45, 7) is 3.68. The fraction of sp³-hybridized carbons (Fsp3) is 0.625. The fourth-order valence-electron chi connectivity index (χ4n) is 2.97. The van der Waals surface area contributed by atoms with Crippen LogP contribution in [-0.2, 0) is 6.42 Å². The SMILES string of the molecule is CCC(NCC1(O)CCSC1)c1ccc2c(c1)CCO2. The molecule has 4 heteroatoms. The number of benzene rings is 1. The molecule has 0 spiro atoms. The normalized spacial score (nSPS) is 26.3. The largest absolute Gasteiger partial charge is 0.493 e. The van der Waals surface area contributed by atoms with Crippen molar-refractivity contribution in [3.63, 3.8) is 0 Å². The van der Waals surface area contributed by atoms with Gasteiger partial charge in [-0.15, -0.1) is 0 Å². The Labute approximate surface area is 125 Å². The number of ether oxygens (including phenoxy) is 1. The smallest absolute Gasteiger partial charge is 0.122 e. The maximum Gasteiger partial charge on any atom is 0.122 e. The van der Waals surface area contributed by atoms with E-state index in [1.165, 1.54) is 11.1 Å². The Morgan fingerprint density at radius 3 is 3.15 bits per heavy atom. The maximum absolute atomic E-state index is 10.4. The summed E-state index contributed by atoms with van der Waals surface area (Å²) in [5.41, 5.74) is 2.11. The van der Waals surface area contributed by atoms with Crippen LogP contribution in [-0.4, -0.2) is 35.4 Å². The second-order valence-corrected chi connectivity index (χ2v) is 6.94. The first-order chi connectivity index (χ1) is 9.70. The van der Waals surface area contributed by atoms with Crippen molar-refractivity contribution in [2.45, 2.75) is 37.8 Å². The highest BCUT2D eigenvalue weighted by Crippen LogP contribution is 2.31. The predicted molar refractivity (Wildman–Crippen MR) is 83.6 cm³/mol. The van der Waals surface area contributed by atoms with Crippen LogP contribution in [0.3, 0.4) is 0 Å². The molecule has 1 fully saturated rings. The minimum Gasteiger partial charge on any atom is -0.493 e. The summed E-state index contributed by atoms with van der Waals surface area (Å²) in [7, 11) is 0. The van der Waals surface area contributed by atoms with E-state index >= 15 is 0 Å². The first kappa shape index (κ1) is 14.2. The summed E-state index contributed by atoms with van der Waals surface area (Å²) in [5.74, 6) is 2.97. The van der Waals surface area contributed by atoms with Crippen molar-refractivity contribution in [2.24, 2.45) is 0 Å². The summed E-state index contributed by atoms with van der Waals surface area (Å²) in [4.78, 5) is 0. The summed E-state index contributed by atoms with van der Waals surface area (Å²) < 4.78 is 5.56. The van der Waals surface area contributed by atoms with Gasteiger partial charge in [0.15, 0.2) is 0 Å². The van der Waals surface area contributed by atoms with Gasteiger partial charge in [0.25, 0.3) is 0 Å². The predicted octanol–water partition coefficient (Wildman–Crippen LogP) is 2.53. The van der Waals surface area contributed by atoms with Gasteiger partial charge in [-0.3, -0.25) is 0 Å². The maximum atomic E-state index is 10.4. The van der Waals surface area contributed by atoms with E-state index in [1.807, 2.05) is 11.8 Å². The number of rotatable bonds is 5. The Kier molecular flexibility index (Phi) is 4.24. The second kappa shape index (κ2) is 5.96. The molecule has 0 aromatic heterocycles. The zero-order chi connectivity index (χ0) is 14.0. The van der Waals surface area contributed by atoms with E-state index in [0.29, 0.717) is 12.6 Å². The van der Waals surface area contributed by atoms with Crippen LogP contribution in [0, 0.1) is 0 Å². The van der Waals surface area contributed by atoms with Gasteiger partial charge >= 0.3 is 0 Å². The lowest BCUT2D eigenvalue weighted by atomic mass is 9.98. The molecule has 2 unspecified atom stereocenters. The molecule has 3 nitrogen and oxygen atoms in total. The van der Waals surface area contributed by atoms with E-state index < -0.39 is 5.60 Å². The molecule has 0 radical (unpaired) electrons. The fourth-order valence-corrected chi connectivity index (χ4v) is 4.27. The minimum atomic E-state index is -0.516. The van der Waals surface area contributed by atoms with Crippen LogP contribution >= 0.6 is 11.8 Å². The summed E-state index contributed by atoms with van der Waals surface area (Å²) >= 11 is 1.85. The zero-order valence-corrected chi connectivity index (χ0v) is 12.8. The van der Waals surface area contributed by atoms with Gasteiger partial charge in [0.05, 0.1) is 12.2 Å². The molecule has 3 rings (SSSR count). The van der Waals surface area contributed by atoms with E-state index in [1.54, 1.807) is 0 Å². The topological polar surface area (TPSA) is 41.5 Å². The quantitative estimate of drug-likeness (QED) is 0.875. The van der Waals surface area contributed by atoms with Crippen LogP contribution in [0.5, 0.6) is 5.75 Å². The van der Waals surface area contributed by atoms with E-state index in [0.717, 1.165) is 43.1 Å². The minimum absolute atomic E-state index is 0.315. The molecule has 1 aromatic rings. The van der Waals surface area contributed by atoms with Gasteiger partial charge in [-0.2, -0.15) is 11.8 Å².